The second kappa shape index (κ2) is 7.46. The van der Waals surface area contributed by atoms with E-state index >= 15 is 0 Å². The van der Waals surface area contributed by atoms with E-state index in [0.29, 0.717) is 21.9 Å². The van der Waals surface area contributed by atoms with Crippen molar-refractivity contribution in [2.45, 2.75) is 39.7 Å². The van der Waals surface area contributed by atoms with E-state index in [1.54, 1.807) is 0 Å². The Bertz CT molecular complexity index is 943. The Labute approximate surface area is 155 Å². The Balaban J connectivity index is 1.81. The Morgan fingerprint density at radius 1 is 1.00 bits per heavy atom. The van der Waals surface area contributed by atoms with Gasteiger partial charge in [-0.1, -0.05) is 60.2 Å². The standard InChI is InChI=1S/C21H24N2O2S/c1-15-9-13-19(14-10-15)20-17(3)21(23-26(20,24)25)22-16(2)11-12-18-7-5-4-6-8-18/h4-10,13-14,16H,11-12H2,1-3H3,(H,22,23)/t16-/m0/s1. The maximum atomic E-state index is 12.6. The molecule has 0 amide bonds. The zero-order valence-electron chi connectivity index (χ0n) is 15.4. The van der Waals surface area contributed by atoms with Crippen molar-refractivity contribution >= 4 is 20.8 Å². The van der Waals surface area contributed by atoms with Crippen LogP contribution in [0.1, 0.15) is 37.0 Å². The number of benzene rings is 2. The minimum atomic E-state index is -3.57. The molecule has 0 unspecified atom stereocenters. The van der Waals surface area contributed by atoms with Crippen molar-refractivity contribution in [2.24, 2.45) is 4.99 Å². The second-order valence-electron chi connectivity index (χ2n) is 6.78. The van der Waals surface area contributed by atoms with Crippen LogP contribution in [0.25, 0.3) is 4.91 Å². The average molecular weight is 369 g/mol. The summed E-state index contributed by atoms with van der Waals surface area (Å²) < 4.78 is 27.8. The summed E-state index contributed by atoms with van der Waals surface area (Å²) in [4.78, 5) is 4.95. The first-order valence-electron chi connectivity index (χ1n) is 8.79. The number of nitrogens with zero attached hydrogens (tertiary/aromatic N) is 1. The topological polar surface area (TPSA) is 58.5 Å². The van der Waals surface area contributed by atoms with Crippen LogP contribution < -0.4 is 4.72 Å². The molecule has 0 aromatic heterocycles. The van der Waals surface area contributed by atoms with Gasteiger partial charge in [-0.2, -0.15) is 0 Å². The van der Waals surface area contributed by atoms with Crippen LogP contribution in [0.2, 0.25) is 0 Å². The van der Waals surface area contributed by atoms with Crippen LogP contribution in [0, 0.1) is 6.92 Å². The SMILES string of the molecule is CC1=C(c2ccc(C)cc2)S(=O)(=O)NC1=N[C@@H](C)CCc1ccccc1. The number of nitrogens with one attached hydrogen (secondary N) is 1. The van der Waals surface area contributed by atoms with Crippen molar-refractivity contribution in [1.82, 2.24) is 4.72 Å². The van der Waals surface area contributed by atoms with Gasteiger partial charge in [0, 0.05) is 11.6 Å². The Kier molecular flexibility index (Phi) is 5.28. The Morgan fingerprint density at radius 2 is 1.65 bits per heavy atom. The second-order valence-corrected chi connectivity index (χ2v) is 8.40. The molecule has 0 saturated carbocycles. The van der Waals surface area contributed by atoms with Crippen molar-refractivity contribution in [1.29, 1.82) is 0 Å². The molecule has 0 bridgehead atoms. The highest BCUT2D eigenvalue weighted by Gasteiger charge is 2.32. The first-order valence-corrected chi connectivity index (χ1v) is 10.3. The van der Waals surface area contributed by atoms with Gasteiger partial charge < -0.3 is 0 Å². The number of sulfonamides is 1. The summed E-state index contributed by atoms with van der Waals surface area (Å²) in [5.41, 5.74) is 3.74. The molecule has 0 spiro atoms. The molecule has 26 heavy (non-hydrogen) atoms. The normalized spacial score (nSPS) is 18.8. The lowest BCUT2D eigenvalue weighted by molar-refractivity contribution is 0.603. The van der Waals surface area contributed by atoms with Gasteiger partial charge in [0.15, 0.2) is 0 Å². The van der Waals surface area contributed by atoms with Crippen molar-refractivity contribution in [3.8, 4) is 0 Å². The molecule has 2 aromatic rings. The summed E-state index contributed by atoms with van der Waals surface area (Å²) in [6, 6.07) is 17.8. The van der Waals surface area contributed by atoms with E-state index in [-0.39, 0.29) is 6.04 Å². The molecular formula is C21H24N2O2S. The van der Waals surface area contributed by atoms with Crippen LogP contribution >= 0.6 is 0 Å². The molecule has 0 saturated heterocycles. The van der Waals surface area contributed by atoms with E-state index in [2.05, 4.69) is 21.8 Å². The van der Waals surface area contributed by atoms with Gasteiger partial charge in [0.2, 0.25) is 0 Å². The number of amidine groups is 1. The van der Waals surface area contributed by atoms with Gasteiger partial charge >= 0.3 is 0 Å². The minimum absolute atomic E-state index is 0.0280. The summed E-state index contributed by atoms with van der Waals surface area (Å²) in [6.45, 7) is 5.81. The summed E-state index contributed by atoms with van der Waals surface area (Å²) in [7, 11) is -3.57. The molecule has 136 valence electrons. The van der Waals surface area contributed by atoms with Gasteiger partial charge in [-0.25, -0.2) is 8.42 Å². The van der Waals surface area contributed by atoms with Crippen molar-refractivity contribution in [3.05, 3.63) is 76.9 Å². The Hall–Kier alpha value is -2.40. The molecule has 1 atom stereocenters. The maximum Gasteiger partial charge on any atom is 0.264 e. The van der Waals surface area contributed by atoms with Crippen molar-refractivity contribution in [3.63, 3.8) is 0 Å². The lowest BCUT2D eigenvalue weighted by atomic mass is 10.1. The van der Waals surface area contributed by atoms with E-state index in [0.717, 1.165) is 18.4 Å². The largest absolute Gasteiger partial charge is 0.264 e. The van der Waals surface area contributed by atoms with E-state index in [1.165, 1.54) is 5.56 Å². The molecule has 3 rings (SSSR count). The highest BCUT2D eigenvalue weighted by atomic mass is 32.2. The smallest absolute Gasteiger partial charge is 0.264 e. The van der Waals surface area contributed by atoms with E-state index in [4.69, 9.17) is 0 Å². The highest BCUT2D eigenvalue weighted by molar-refractivity contribution is 8.00. The molecule has 0 radical (unpaired) electrons. The molecule has 1 aliphatic rings. The fourth-order valence-corrected chi connectivity index (χ4v) is 4.58. The predicted octanol–water partition coefficient (Wildman–Crippen LogP) is 4.08. The lowest BCUT2D eigenvalue weighted by Gasteiger charge is -2.08. The van der Waals surface area contributed by atoms with E-state index in [1.807, 2.05) is 63.2 Å². The van der Waals surface area contributed by atoms with Gasteiger partial charge in [0.25, 0.3) is 10.0 Å². The van der Waals surface area contributed by atoms with Crippen molar-refractivity contribution < 1.29 is 8.42 Å². The molecule has 1 heterocycles. The molecule has 5 heteroatoms. The fraction of sp³-hybridized carbons (Fsp3) is 0.286. The van der Waals surface area contributed by atoms with Crippen LogP contribution in [0.5, 0.6) is 0 Å². The molecule has 0 aliphatic carbocycles. The number of aliphatic imine (C=N–C) groups is 1. The number of hydrogen-bond acceptors (Lipinski definition) is 3. The zero-order chi connectivity index (χ0) is 18.7. The summed E-state index contributed by atoms with van der Waals surface area (Å²) >= 11 is 0. The van der Waals surface area contributed by atoms with Gasteiger partial charge in [-0.3, -0.25) is 9.71 Å². The van der Waals surface area contributed by atoms with Crippen molar-refractivity contribution in [2.75, 3.05) is 0 Å². The molecule has 0 fully saturated rings. The third-order valence-electron chi connectivity index (χ3n) is 4.55. The molecule has 1 N–H and O–H groups in total. The summed E-state index contributed by atoms with van der Waals surface area (Å²) in [5, 5.41) is 0. The van der Waals surface area contributed by atoms with Crippen LogP contribution in [0.15, 0.2) is 65.2 Å². The van der Waals surface area contributed by atoms with Crippen LogP contribution in [-0.2, 0) is 16.4 Å². The van der Waals surface area contributed by atoms with Gasteiger partial charge in [0.05, 0.1) is 0 Å². The third kappa shape index (κ3) is 4.05. The first-order chi connectivity index (χ1) is 12.4. The van der Waals surface area contributed by atoms with Crippen LogP contribution in [0.4, 0.5) is 0 Å². The molecule has 2 aromatic carbocycles. The number of hydrogen-bond donors (Lipinski definition) is 1. The zero-order valence-corrected chi connectivity index (χ0v) is 16.2. The first kappa shape index (κ1) is 18.4. The quantitative estimate of drug-likeness (QED) is 0.864. The third-order valence-corrected chi connectivity index (χ3v) is 6.09. The maximum absolute atomic E-state index is 12.6. The fourth-order valence-electron chi connectivity index (χ4n) is 3.07. The predicted molar refractivity (Wildman–Crippen MR) is 107 cm³/mol. The average Bonchev–Trinajstić information content (AvgIpc) is 2.83. The minimum Gasteiger partial charge on any atom is -0.264 e. The summed E-state index contributed by atoms with van der Waals surface area (Å²) in [5.74, 6) is 0.459. The van der Waals surface area contributed by atoms with Gasteiger partial charge in [0.1, 0.15) is 10.7 Å². The highest BCUT2D eigenvalue weighted by Crippen LogP contribution is 2.30. The van der Waals surface area contributed by atoms with E-state index in [9.17, 15) is 8.42 Å². The number of aryl methyl sites for hydroxylation is 2. The molecule has 1 aliphatic heterocycles. The monoisotopic (exact) mass is 368 g/mol. The van der Waals surface area contributed by atoms with Crippen LogP contribution in [0.3, 0.4) is 0 Å². The van der Waals surface area contributed by atoms with E-state index < -0.39 is 10.0 Å². The molecule has 4 nitrogen and oxygen atoms in total. The Morgan fingerprint density at radius 3 is 2.31 bits per heavy atom. The molecular weight excluding hydrogens is 344 g/mol. The lowest BCUT2D eigenvalue weighted by Crippen LogP contribution is -2.25. The van der Waals surface area contributed by atoms with Gasteiger partial charge in [-0.15, -0.1) is 0 Å². The van der Waals surface area contributed by atoms with Crippen LogP contribution in [-0.4, -0.2) is 20.3 Å². The number of rotatable bonds is 5. The summed E-state index contributed by atoms with van der Waals surface area (Å²) in [6.07, 6.45) is 1.78. The van der Waals surface area contributed by atoms with Gasteiger partial charge in [-0.05, 0) is 44.7 Å².